The summed E-state index contributed by atoms with van der Waals surface area (Å²) in [5, 5.41) is 0.841. The van der Waals surface area contributed by atoms with Gasteiger partial charge < -0.3 is 9.64 Å². The van der Waals surface area contributed by atoms with Crippen LogP contribution < -0.4 is 4.74 Å². The van der Waals surface area contributed by atoms with Crippen molar-refractivity contribution in [2.24, 2.45) is 0 Å². The molecule has 1 aliphatic rings. The highest BCUT2D eigenvalue weighted by atomic mass is 32.1. The van der Waals surface area contributed by atoms with Gasteiger partial charge in [-0.15, -0.1) is 11.3 Å². The van der Waals surface area contributed by atoms with Crippen LogP contribution in [0.1, 0.15) is 11.1 Å². The predicted molar refractivity (Wildman–Crippen MR) is 114 cm³/mol. The number of carbonyl (C=O) groups is 1. The third kappa shape index (κ3) is 3.59. The molecule has 0 saturated heterocycles. The second-order valence-electron chi connectivity index (χ2n) is 7.00. The fourth-order valence-electron chi connectivity index (χ4n) is 3.62. The highest BCUT2D eigenvalue weighted by molar-refractivity contribution is 7.21. The molecule has 0 unspecified atom stereocenters. The number of amides is 1. The maximum absolute atomic E-state index is 12.7. The molecular formula is C23H19N3O2S. The summed E-state index contributed by atoms with van der Waals surface area (Å²) in [6.07, 6.45) is 2.37. The molecule has 0 atom stereocenters. The zero-order valence-corrected chi connectivity index (χ0v) is 16.6. The number of ether oxygens (including phenoxy) is 1. The summed E-state index contributed by atoms with van der Waals surface area (Å²) < 4.78 is 5.84. The fourth-order valence-corrected chi connectivity index (χ4v) is 4.62. The third-order valence-electron chi connectivity index (χ3n) is 5.17. The Hall–Kier alpha value is -3.25. The normalized spacial score (nSPS) is 13.3. The number of aromatic nitrogens is 2. The lowest BCUT2D eigenvalue weighted by Crippen LogP contribution is -2.38. The van der Waals surface area contributed by atoms with Crippen LogP contribution in [0, 0.1) is 0 Å². The van der Waals surface area contributed by atoms with E-state index in [9.17, 15) is 4.79 Å². The molecule has 1 amide bonds. The second-order valence-corrected chi connectivity index (χ2v) is 8.03. The minimum atomic E-state index is -0.0234. The lowest BCUT2D eigenvalue weighted by Gasteiger charge is -2.28. The molecular weight excluding hydrogens is 382 g/mol. The number of hydrogen-bond donors (Lipinski definition) is 0. The van der Waals surface area contributed by atoms with E-state index in [1.165, 1.54) is 17.5 Å². The SMILES string of the molecule is O=C(COc1ncnc2sc(-c3ccccc3)cc12)N1CCc2ccccc2C1. The van der Waals surface area contributed by atoms with Gasteiger partial charge in [-0.3, -0.25) is 4.79 Å². The Morgan fingerprint density at radius 2 is 1.83 bits per heavy atom. The van der Waals surface area contributed by atoms with E-state index in [-0.39, 0.29) is 12.5 Å². The van der Waals surface area contributed by atoms with Gasteiger partial charge in [-0.2, -0.15) is 0 Å². The van der Waals surface area contributed by atoms with Crippen molar-refractivity contribution in [3.8, 4) is 16.3 Å². The second kappa shape index (κ2) is 7.64. The molecule has 6 heteroatoms. The van der Waals surface area contributed by atoms with Crippen molar-refractivity contribution in [2.75, 3.05) is 13.2 Å². The molecule has 29 heavy (non-hydrogen) atoms. The lowest BCUT2D eigenvalue weighted by atomic mass is 10.00. The van der Waals surface area contributed by atoms with Crippen molar-refractivity contribution < 1.29 is 9.53 Å². The molecule has 144 valence electrons. The molecule has 0 fully saturated rings. The summed E-state index contributed by atoms with van der Waals surface area (Å²) in [4.78, 5) is 25.1. The summed E-state index contributed by atoms with van der Waals surface area (Å²) in [6, 6.07) is 20.5. The molecule has 0 spiro atoms. The number of hydrogen-bond acceptors (Lipinski definition) is 5. The van der Waals surface area contributed by atoms with Crippen molar-refractivity contribution in [3.05, 3.63) is 78.1 Å². The van der Waals surface area contributed by atoms with Gasteiger partial charge in [0.25, 0.3) is 5.91 Å². The van der Waals surface area contributed by atoms with E-state index in [0.29, 0.717) is 12.4 Å². The predicted octanol–water partition coefficient (Wildman–Crippen LogP) is 4.32. The number of fused-ring (bicyclic) bond motifs is 2. The Morgan fingerprint density at radius 1 is 1.03 bits per heavy atom. The first-order chi connectivity index (χ1) is 14.3. The zero-order chi connectivity index (χ0) is 19.6. The lowest BCUT2D eigenvalue weighted by molar-refractivity contribution is -0.134. The quantitative estimate of drug-likeness (QED) is 0.511. The van der Waals surface area contributed by atoms with Crippen LogP contribution in [0.5, 0.6) is 5.88 Å². The van der Waals surface area contributed by atoms with Gasteiger partial charge in [0.15, 0.2) is 6.61 Å². The molecule has 2 aromatic carbocycles. The maximum Gasteiger partial charge on any atom is 0.260 e. The summed E-state index contributed by atoms with van der Waals surface area (Å²) >= 11 is 1.59. The smallest absolute Gasteiger partial charge is 0.260 e. The van der Waals surface area contributed by atoms with Crippen molar-refractivity contribution in [1.82, 2.24) is 14.9 Å². The van der Waals surface area contributed by atoms with Gasteiger partial charge in [-0.1, -0.05) is 54.6 Å². The molecule has 0 aliphatic carbocycles. The molecule has 5 nitrogen and oxygen atoms in total. The summed E-state index contributed by atoms with van der Waals surface area (Å²) in [5.74, 6) is 0.434. The number of benzene rings is 2. The van der Waals surface area contributed by atoms with E-state index in [4.69, 9.17) is 4.74 Å². The van der Waals surface area contributed by atoms with Gasteiger partial charge in [0, 0.05) is 18.0 Å². The Labute approximate surface area is 172 Å². The monoisotopic (exact) mass is 401 g/mol. The van der Waals surface area contributed by atoms with Gasteiger partial charge in [-0.25, -0.2) is 9.97 Å². The molecule has 0 bridgehead atoms. The molecule has 5 rings (SSSR count). The number of thiophene rings is 1. The van der Waals surface area contributed by atoms with E-state index < -0.39 is 0 Å². The fraction of sp³-hybridized carbons (Fsp3) is 0.174. The van der Waals surface area contributed by atoms with Crippen LogP contribution in [0.15, 0.2) is 67.0 Å². The number of carbonyl (C=O) groups excluding carboxylic acids is 1. The first-order valence-electron chi connectivity index (χ1n) is 9.55. The summed E-state index contributed by atoms with van der Waals surface area (Å²) in [7, 11) is 0. The van der Waals surface area contributed by atoms with E-state index in [1.54, 1.807) is 11.3 Å². The van der Waals surface area contributed by atoms with Crippen molar-refractivity contribution >= 4 is 27.5 Å². The first kappa shape index (κ1) is 17.8. The van der Waals surface area contributed by atoms with E-state index in [2.05, 4.69) is 34.2 Å². The standard InChI is InChI=1S/C23H19N3O2S/c27-21(26-11-10-16-6-4-5-9-18(16)13-26)14-28-22-19-12-20(17-7-2-1-3-8-17)29-23(19)25-15-24-22/h1-9,12,15H,10-11,13-14H2. The van der Waals surface area contributed by atoms with E-state index in [0.717, 1.165) is 33.6 Å². The molecule has 1 aliphatic heterocycles. The molecule has 2 aromatic heterocycles. The van der Waals surface area contributed by atoms with E-state index in [1.807, 2.05) is 41.3 Å². The Morgan fingerprint density at radius 3 is 2.69 bits per heavy atom. The third-order valence-corrected chi connectivity index (χ3v) is 6.26. The molecule has 0 radical (unpaired) electrons. The van der Waals surface area contributed by atoms with Gasteiger partial charge >= 0.3 is 0 Å². The molecule has 4 aromatic rings. The molecule has 0 N–H and O–H groups in total. The Bertz CT molecular complexity index is 1170. The Balaban J connectivity index is 1.32. The van der Waals surface area contributed by atoms with Gasteiger partial charge in [-0.05, 0) is 29.2 Å². The van der Waals surface area contributed by atoms with Crippen LogP contribution in [0.3, 0.4) is 0 Å². The van der Waals surface area contributed by atoms with Crippen LogP contribution in [-0.2, 0) is 17.8 Å². The van der Waals surface area contributed by atoms with Crippen LogP contribution in [0.4, 0.5) is 0 Å². The highest BCUT2D eigenvalue weighted by Crippen LogP contribution is 2.35. The van der Waals surface area contributed by atoms with Gasteiger partial charge in [0.05, 0.1) is 5.39 Å². The van der Waals surface area contributed by atoms with E-state index >= 15 is 0 Å². The average molecular weight is 401 g/mol. The van der Waals surface area contributed by atoms with Crippen LogP contribution in [0.25, 0.3) is 20.7 Å². The van der Waals surface area contributed by atoms with Crippen LogP contribution in [0.2, 0.25) is 0 Å². The van der Waals surface area contributed by atoms with Crippen molar-refractivity contribution in [1.29, 1.82) is 0 Å². The van der Waals surface area contributed by atoms with Crippen LogP contribution >= 0.6 is 11.3 Å². The first-order valence-corrected chi connectivity index (χ1v) is 10.4. The Kier molecular flexibility index (Phi) is 4.69. The molecule has 0 saturated carbocycles. The van der Waals surface area contributed by atoms with Gasteiger partial charge in [0.1, 0.15) is 11.2 Å². The van der Waals surface area contributed by atoms with Crippen molar-refractivity contribution in [2.45, 2.75) is 13.0 Å². The number of nitrogens with zero attached hydrogens (tertiary/aromatic N) is 3. The van der Waals surface area contributed by atoms with Gasteiger partial charge in [0.2, 0.25) is 5.88 Å². The largest absolute Gasteiger partial charge is 0.467 e. The highest BCUT2D eigenvalue weighted by Gasteiger charge is 2.21. The summed E-state index contributed by atoms with van der Waals surface area (Å²) in [6.45, 7) is 1.33. The minimum absolute atomic E-state index is 0.0230. The topological polar surface area (TPSA) is 55.3 Å². The van der Waals surface area contributed by atoms with Crippen LogP contribution in [-0.4, -0.2) is 33.9 Å². The summed E-state index contributed by atoms with van der Waals surface area (Å²) in [5.41, 5.74) is 3.66. The minimum Gasteiger partial charge on any atom is -0.467 e. The maximum atomic E-state index is 12.7. The molecule has 3 heterocycles. The zero-order valence-electron chi connectivity index (χ0n) is 15.7. The number of rotatable bonds is 4. The van der Waals surface area contributed by atoms with Crippen molar-refractivity contribution in [3.63, 3.8) is 0 Å². The average Bonchev–Trinajstić information content (AvgIpc) is 3.23.